The first-order valence-corrected chi connectivity index (χ1v) is 6.12. The molecule has 1 N–H and O–H groups in total. The van der Waals surface area contributed by atoms with E-state index >= 15 is 0 Å². The van der Waals surface area contributed by atoms with Gasteiger partial charge in [0.2, 0.25) is 0 Å². The number of hydrogen-bond acceptors (Lipinski definition) is 4. The fourth-order valence-electron chi connectivity index (χ4n) is 1.87. The van der Waals surface area contributed by atoms with E-state index in [9.17, 15) is 0 Å². The molecule has 1 aliphatic rings. The molecule has 1 aromatic heterocycles. The number of hydrogen-bond donors (Lipinski definition) is 1. The number of nitrogens with one attached hydrogen (secondary N) is 1. The van der Waals surface area contributed by atoms with Crippen LogP contribution in [-0.4, -0.2) is 12.6 Å². The minimum Gasteiger partial charge on any atom is -0.345 e. The smallest absolute Gasteiger partial charge is 0.162 e. The van der Waals surface area contributed by atoms with E-state index in [1.165, 1.54) is 4.88 Å². The second-order valence-corrected chi connectivity index (χ2v) is 5.09. The van der Waals surface area contributed by atoms with Crippen molar-refractivity contribution < 1.29 is 0 Å². The van der Waals surface area contributed by atoms with Gasteiger partial charge in [0.05, 0.1) is 16.9 Å². The van der Waals surface area contributed by atoms with Crippen molar-refractivity contribution in [3.8, 4) is 0 Å². The van der Waals surface area contributed by atoms with Crippen molar-refractivity contribution in [2.24, 2.45) is 9.98 Å². The molecule has 0 bridgehead atoms. The number of rotatable bonds is 0. The summed E-state index contributed by atoms with van der Waals surface area (Å²) < 4.78 is 0. The minimum atomic E-state index is 0.682. The fourth-order valence-corrected chi connectivity index (χ4v) is 2.79. The van der Waals surface area contributed by atoms with Gasteiger partial charge in [0.25, 0.3) is 0 Å². The molecule has 1 aromatic carbocycles. The maximum atomic E-state index is 4.54. The first-order chi connectivity index (χ1) is 8.28. The zero-order chi connectivity index (χ0) is 11.8. The van der Waals surface area contributed by atoms with E-state index in [2.05, 4.69) is 35.0 Å². The van der Waals surface area contributed by atoms with Crippen LogP contribution in [0.25, 0.3) is 0 Å². The molecule has 0 spiro atoms. The van der Waals surface area contributed by atoms with Gasteiger partial charge in [0.15, 0.2) is 5.84 Å². The van der Waals surface area contributed by atoms with Crippen LogP contribution in [0.3, 0.4) is 0 Å². The molecule has 2 heterocycles. The molecule has 84 valence electrons. The SMILES string of the molecule is C=NC1=Nc2ccccc2Nc2sc(C)cc21. The second-order valence-electron chi connectivity index (χ2n) is 3.84. The Morgan fingerprint density at radius 1 is 1.35 bits per heavy atom. The number of para-hydroxylation sites is 2. The second kappa shape index (κ2) is 3.82. The van der Waals surface area contributed by atoms with Gasteiger partial charge in [0, 0.05) is 4.88 Å². The Balaban J connectivity index is 2.26. The van der Waals surface area contributed by atoms with Gasteiger partial charge < -0.3 is 5.32 Å². The van der Waals surface area contributed by atoms with Crippen molar-refractivity contribution in [2.45, 2.75) is 6.92 Å². The lowest BCUT2D eigenvalue weighted by atomic mass is 10.2. The van der Waals surface area contributed by atoms with Crippen LogP contribution in [0.15, 0.2) is 40.3 Å². The van der Waals surface area contributed by atoms with Crippen LogP contribution >= 0.6 is 11.3 Å². The summed E-state index contributed by atoms with van der Waals surface area (Å²) in [4.78, 5) is 9.81. The van der Waals surface area contributed by atoms with E-state index in [0.29, 0.717) is 5.84 Å². The largest absolute Gasteiger partial charge is 0.345 e. The predicted octanol–water partition coefficient (Wildman–Crippen LogP) is 3.89. The number of amidine groups is 1. The Morgan fingerprint density at radius 3 is 3.00 bits per heavy atom. The van der Waals surface area contributed by atoms with Crippen molar-refractivity contribution in [3.63, 3.8) is 0 Å². The zero-order valence-corrected chi connectivity index (χ0v) is 10.2. The van der Waals surface area contributed by atoms with Crippen molar-refractivity contribution in [3.05, 3.63) is 40.8 Å². The molecule has 0 radical (unpaired) electrons. The molecule has 0 aliphatic carbocycles. The Hall–Kier alpha value is -1.94. The monoisotopic (exact) mass is 241 g/mol. The van der Waals surface area contributed by atoms with Gasteiger partial charge in [-0.3, -0.25) is 0 Å². The maximum absolute atomic E-state index is 4.54. The molecule has 2 aromatic rings. The highest BCUT2D eigenvalue weighted by molar-refractivity contribution is 7.16. The van der Waals surface area contributed by atoms with Crippen LogP contribution in [-0.2, 0) is 0 Å². The Bertz CT molecular complexity index is 625. The summed E-state index contributed by atoms with van der Waals surface area (Å²) in [5.74, 6) is 0.682. The highest BCUT2D eigenvalue weighted by Crippen LogP contribution is 2.38. The van der Waals surface area contributed by atoms with Crippen LogP contribution < -0.4 is 5.32 Å². The van der Waals surface area contributed by atoms with E-state index in [-0.39, 0.29) is 0 Å². The van der Waals surface area contributed by atoms with Crippen molar-refractivity contribution in [1.82, 2.24) is 0 Å². The lowest BCUT2D eigenvalue weighted by Crippen LogP contribution is -1.95. The number of thiophene rings is 1. The number of fused-ring (bicyclic) bond motifs is 2. The number of aryl methyl sites for hydroxylation is 1. The standard InChI is InChI=1S/C13H11N3S/c1-8-7-9-12(14-2)15-10-5-3-4-6-11(10)16-13(9)17-8/h3-7,16H,2H2,1H3. The lowest BCUT2D eigenvalue weighted by Gasteiger charge is -2.04. The van der Waals surface area contributed by atoms with Gasteiger partial charge in [-0.2, -0.15) is 0 Å². The summed E-state index contributed by atoms with van der Waals surface area (Å²) in [5.41, 5.74) is 2.93. The number of anilines is 2. The number of benzene rings is 1. The molecule has 3 nitrogen and oxygen atoms in total. The normalized spacial score (nSPS) is 12.9. The van der Waals surface area contributed by atoms with Gasteiger partial charge in [0.1, 0.15) is 5.00 Å². The molecular weight excluding hydrogens is 230 g/mol. The minimum absolute atomic E-state index is 0.682. The molecule has 0 unspecified atom stereocenters. The molecule has 17 heavy (non-hydrogen) atoms. The summed E-state index contributed by atoms with van der Waals surface area (Å²) in [5, 5.41) is 4.49. The third kappa shape index (κ3) is 1.66. The molecule has 0 saturated carbocycles. The summed E-state index contributed by atoms with van der Waals surface area (Å²) in [6, 6.07) is 10.0. The first kappa shape index (κ1) is 10.2. The number of nitrogens with zero attached hydrogens (tertiary/aromatic N) is 2. The van der Waals surface area contributed by atoms with Gasteiger partial charge in [-0.15, -0.1) is 11.3 Å². The summed E-state index contributed by atoms with van der Waals surface area (Å²) in [6.45, 7) is 5.68. The summed E-state index contributed by atoms with van der Waals surface area (Å²) in [7, 11) is 0. The first-order valence-electron chi connectivity index (χ1n) is 5.30. The van der Waals surface area contributed by atoms with Crippen LogP contribution in [0.4, 0.5) is 16.4 Å². The lowest BCUT2D eigenvalue weighted by molar-refractivity contribution is 1.48. The molecule has 0 amide bonds. The van der Waals surface area contributed by atoms with Gasteiger partial charge >= 0.3 is 0 Å². The third-order valence-electron chi connectivity index (χ3n) is 2.62. The van der Waals surface area contributed by atoms with E-state index in [1.54, 1.807) is 11.3 Å². The highest BCUT2D eigenvalue weighted by Gasteiger charge is 2.17. The topological polar surface area (TPSA) is 36.8 Å². The van der Waals surface area contributed by atoms with Crippen LogP contribution in [0.5, 0.6) is 0 Å². The molecule has 0 fully saturated rings. The van der Waals surface area contributed by atoms with Crippen LogP contribution in [0, 0.1) is 6.92 Å². The van der Waals surface area contributed by atoms with E-state index in [4.69, 9.17) is 0 Å². The molecule has 1 aliphatic heterocycles. The highest BCUT2D eigenvalue weighted by atomic mass is 32.1. The van der Waals surface area contributed by atoms with E-state index < -0.39 is 0 Å². The van der Waals surface area contributed by atoms with Crippen molar-refractivity contribution in [1.29, 1.82) is 0 Å². The zero-order valence-electron chi connectivity index (χ0n) is 9.40. The fraction of sp³-hybridized carbons (Fsp3) is 0.0769. The molecule has 0 saturated heterocycles. The predicted molar refractivity (Wildman–Crippen MR) is 74.5 cm³/mol. The summed E-state index contributed by atoms with van der Waals surface area (Å²) in [6.07, 6.45) is 0. The average Bonchev–Trinajstić information content (AvgIpc) is 2.62. The van der Waals surface area contributed by atoms with Crippen LogP contribution in [0.2, 0.25) is 0 Å². The number of aliphatic imine (C=N–C) groups is 2. The molecular formula is C13H11N3S. The van der Waals surface area contributed by atoms with Gasteiger partial charge in [-0.1, -0.05) is 12.1 Å². The Kier molecular flexibility index (Phi) is 2.30. The van der Waals surface area contributed by atoms with Crippen molar-refractivity contribution in [2.75, 3.05) is 5.32 Å². The Morgan fingerprint density at radius 2 is 2.18 bits per heavy atom. The van der Waals surface area contributed by atoms with Crippen LogP contribution in [0.1, 0.15) is 10.4 Å². The summed E-state index contributed by atoms with van der Waals surface area (Å²) >= 11 is 1.71. The van der Waals surface area contributed by atoms with E-state index in [0.717, 1.165) is 21.9 Å². The Labute approximate surface area is 104 Å². The third-order valence-corrected chi connectivity index (χ3v) is 3.59. The molecule has 0 atom stereocenters. The average molecular weight is 241 g/mol. The van der Waals surface area contributed by atoms with Gasteiger partial charge in [-0.25, -0.2) is 9.98 Å². The van der Waals surface area contributed by atoms with Crippen molar-refractivity contribution >= 4 is 40.3 Å². The van der Waals surface area contributed by atoms with Gasteiger partial charge in [-0.05, 0) is 31.8 Å². The maximum Gasteiger partial charge on any atom is 0.162 e. The quantitative estimate of drug-likeness (QED) is 0.698. The molecule has 3 rings (SSSR count). The van der Waals surface area contributed by atoms with E-state index in [1.807, 2.05) is 24.3 Å². The molecule has 4 heteroatoms.